The zero-order valence-corrected chi connectivity index (χ0v) is 16.2. The van der Waals surface area contributed by atoms with E-state index in [9.17, 15) is 4.79 Å². The van der Waals surface area contributed by atoms with E-state index in [1.165, 1.54) is 22.5 Å². The number of carboxylic acids is 1. The Kier molecular flexibility index (Phi) is 7.00. The van der Waals surface area contributed by atoms with Crippen LogP contribution in [0.4, 0.5) is 5.69 Å². The lowest BCUT2D eigenvalue weighted by Gasteiger charge is -2.15. The number of aliphatic carboxylic acids is 1. The van der Waals surface area contributed by atoms with Crippen LogP contribution >= 0.6 is 0 Å². The van der Waals surface area contributed by atoms with Gasteiger partial charge in [-0.25, -0.2) is 0 Å². The van der Waals surface area contributed by atoms with Crippen molar-refractivity contribution in [1.29, 1.82) is 0 Å². The molecule has 1 aliphatic rings. The van der Waals surface area contributed by atoms with Crippen molar-refractivity contribution in [3.63, 3.8) is 0 Å². The van der Waals surface area contributed by atoms with Gasteiger partial charge in [0.25, 0.3) is 0 Å². The van der Waals surface area contributed by atoms with Crippen molar-refractivity contribution >= 4 is 17.4 Å². The lowest BCUT2D eigenvalue weighted by atomic mass is 9.82. The molecule has 1 heterocycles. The van der Waals surface area contributed by atoms with E-state index in [1.54, 1.807) is 0 Å². The molecule has 0 spiro atoms. The van der Waals surface area contributed by atoms with Gasteiger partial charge in [0.2, 0.25) is 5.69 Å². The summed E-state index contributed by atoms with van der Waals surface area (Å²) in [7, 11) is 0. The Hall–Kier alpha value is -1.16. The summed E-state index contributed by atoms with van der Waals surface area (Å²) in [5.41, 5.74) is 5.60. The van der Waals surface area contributed by atoms with Crippen LogP contribution in [0.3, 0.4) is 0 Å². The fourth-order valence-electron chi connectivity index (χ4n) is 3.29. The lowest BCUT2D eigenvalue weighted by molar-refractivity contribution is -0.439. The summed E-state index contributed by atoms with van der Waals surface area (Å²) in [6.45, 7) is 10.0. The highest BCUT2D eigenvalue weighted by Crippen LogP contribution is 2.39. The van der Waals surface area contributed by atoms with Gasteiger partial charge in [0.05, 0.1) is 5.41 Å². The van der Waals surface area contributed by atoms with Gasteiger partial charge >= 0.3 is 5.97 Å². The van der Waals surface area contributed by atoms with Crippen molar-refractivity contribution in [3.05, 3.63) is 29.3 Å². The third-order valence-corrected chi connectivity index (χ3v) is 4.95. The Labute approximate surface area is 150 Å². The normalized spacial score (nSPS) is 15.3. The first-order valence-corrected chi connectivity index (χ1v) is 8.28. The first kappa shape index (κ1) is 19.9. The molecule has 0 aromatic heterocycles. The minimum absolute atomic E-state index is 0. The van der Waals surface area contributed by atoms with Crippen LogP contribution in [-0.2, 0) is 10.2 Å². The van der Waals surface area contributed by atoms with Gasteiger partial charge in [-0.2, -0.15) is 4.58 Å². The molecule has 2 rings (SSSR count). The van der Waals surface area contributed by atoms with Crippen molar-refractivity contribution in [2.45, 2.75) is 65.2 Å². The first-order chi connectivity index (χ1) is 10.3. The number of unbranched alkanes of at least 4 members (excludes halogenated alkanes) is 3. The van der Waals surface area contributed by atoms with Crippen molar-refractivity contribution in [3.8, 4) is 0 Å². The number of carboxylic acid groups (broad SMARTS) is 1. The maximum absolute atomic E-state index is 10.5. The highest BCUT2D eigenvalue weighted by molar-refractivity contribution is 5.93. The molecule has 1 aromatic rings. The summed E-state index contributed by atoms with van der Waals surface area (Å²) < 4.78 is 2.45. The van der Waals surface area contributed by atoms with Crippen LogP contribution in [0.5, 0.6) is 0 Å². The standard InChI is InChI=1S/C19H27NO2.BrH/c1-14-10-11-17-16(13-14)19(3,4)15(2)20(17)12-8-6-5-7-9-18(21)22;/h10-11,13H,5-9,12H2,1-4H3;1H. The SMILES string of the molecule is CC1=[N+](CCCCCCC(=O)O)c2ccc(C)cc2C1(C)C.[Br-]. The van der Waals surface area contributed by atoms with E-state index in [0.29, 0.717) is 6.42 Å². The molecule has 0 fully saturated rings. The number of benzene rings is 1. The van der Waals surface area contributed by atoms with Gasteiger partial charge in [0.1, 0.15) is 6.54 Å². The van der Waals surface area contributed by atoms with Gasteiger partial charge in [-0.3, -0.25) is 4.79 Å². The Morgan fingerprint density at radius 1 is 1.13 bits per heavy atom. The molecule has 3 nitrogen and oxygen atoms in total. The lowest BCUT2D eigenvalue weighted by Crippen LogP contribution is -3.00. The van der Waals surface area contributed by atoms with Crippen LogP contribution in [0.1, 0.15) is 64.0 Å². The van der Waals surface area contributed by atoms with E-state index < -0.39 is 5.97 Å². The number of hydrogen-bond donors (Lipinski definition) is 1. The summed E-state index contributed by atoms with van der Waals surface area (Å²) >= 11 is 0. The third-order valence-electron chi connectivity index (χ3n) is 4.95. The Morgan fingerprint density at radius 2 is 1.78 bits per heavy atom. The van der Waals surface area contributed by atoms with E-state index in [4.69, 9.17) is 5.11 Å². The first-order valence-electron chi connectivity index (χ1n) is 8.28. The van der Waals surface area contributed by atoms with E-state index in [0.717, 1.165) is 32.2 Å². The molecule has 0 bridgehead atoms. The number of aryl methyl sites for hydroxylation is 1. The summed E-state index contributed by atoms with van der Waals surface area (Å²) in [5.74, 6) is -0.685. The van der Waals surface area contributed by atoms with E-state index in [2.05, 4.69) is 50.5 Å². The van der Waals surface area contributed by atoms with E-state index in [-0.39, 0.29) is 22.4 Å². The monoisotopic (exact) mass is 381 g/mol. The summed E-state index contributed by atoms with van der Waals surface area (Å²) in [6, 6.07) is 6.74. The average Bonchev–Trinajstić information content (AvgIpc) is 2.63. The summed E-state index contributed by atoms with van der Waals surface area (Å²) in [4.78, 5) is 10.5. The molecular weight excluding hydrogens is 354 g/mol. The molecule has 128 valence electrons. The second-order valence-corrected chi connectivity index (χ2v) is 6.94. The molecule has 0 amide bonds. The molecule has 1 N–H and O–H groups in total. The molecule has 0 unspecified atom stereocenters. The molecule has 0 atom stereocenters. The van der Waals surface area contributed by atoms with Crippen LogP contribution in [0.15, 0.2) is 18.2 Å². The fraction of sp³-hybridized carbons (Fsp3) is 0.579. The Bertz CT molecular complexity index is 605. The number of rotatable bonds is 7. The van der Waals surface area contributed by atoms with Crippen LogP contribution < -0.4 is 17.0 Å². The van der Waals surface area contributed by atoms with E-state index >= 15 is 0 Å². The molecular formula is C19H28BrNO2. The van der Waals surface area contributed by atoms with Crippen molar-refractivity contribution in [2.24, 2.45) is 0 Å². The molecule has 1 aromatic carbocycles. The molecule has 0 saturated carbocycles. The minimum Gasteiger partial charge on any atom is -1.00 e. The van der Waals surface area contributed by atoms with Crippen LogP contribution in [-0.4, -0.2) is 27.9 Å². The van der Waals surface area contributed by atoms with Crippen LogP contribution in [0, 0.1) is 6.92 Å². The highest BCUT2D eigenvalue weighted by atomic mass is 79.9. The van der Waals surface area contributed by atoms with Gasteiger partial charge in [-0.15, -0.1) is 0 Å². The van der Waals surface area contributed by atoms with Crippen LogP contribution in [0.25, 0.3) is 0 Å². The fourth-order valence-corrected chi connectivity index (χ4v) is 3.29. The molecule has 0 saturated heterocycles. The van der Waals surface area contributed by atoms with Gasteiger partial charge in [0.15, 0.2) is 5.71 Å². The van der Waals surface area contributed by atoms with Crippen LogP contribution in [0.2, 0.25) is 0 Å². The maximum atomic E-state index is 10.5. The predicted octanol–water partition coefficient (Wildman–Crippen LogP) is 1.43. The average molecular weight is 382 g/mol. The smallest absolute Gasteiger partial charge is 0.303 e. The Morgan fingerprint density at radius 3 is 2.43 bits per heavy atom. The molecule has 1 aliphatic heterocycles. The molecule has 0 radical (unpaired) electrons. The molecule has 4 heteroatoms. The van der Waals surface area contributed by atoms with Crippen molar-refractivity contribution in [2.75, 3.05) is 6.54 Å². The molecule has 0 aliphatic carbocycles. The van der Waals surface area contributed by atoms with Gasteiger partial charge < -0.3 is 22.1 Å². The topological polar surface area (TPSA) is 40.3 Å². The zero-order valence-electron chi connectivity index (χ0n) is 14.7. The second kappa shape index (κ2) is 8.09. The van der Waals surface area contributed by atoms with Crippen molar-refractivity contribution in [1.82, 2.24) is 0 Å². The number of nitrogens with zero attached hydrogens (tertiary/aromatic N) is 1. The van der Waals surface area contributed by atoms with E-state index in [1.807, 2.05) is 0 Å². The van der Waals surface area contributed by atoms with Gasteiger partial charge in [-0.05, 0) is 39.7 Å². The predicted molar refractivity (Wildman–Crippen MR) is 90.4 cm³/mol. The molecule has 23 heavy (non-hydrogen) atoms. The minimum atomic E-state index is -0.685. The highest BCUT2D eigenvalue weighted by Gasteiger charge is 2.42. The largest absolute Gasteiger partial charge is 1.00 e. The van der Waals surface area contributed by atoms with Crippen molar-refractivity contribution < 1.29 is 31.5 Å². The number of halogens is 1. The maximum Gasteiger partial charge on any atom is 0.303 e. The zero-order chi connectivity index (χ0) is 16.3. The summed E-state index contributed by atoms with van der Waals surface area (Å²) in [6.07, 6.45) is 4.30. The summed E-state index contributed by atoms with van der Waals surface area (Å²) in [5, 5.41) is 8.66. The number of hydrogen-bond acceptors (Lipinski definition) is 1. The van der Waals surface area contributed by atoms with Gasteiger partial charge in [0, 0.05) is 31.4 Å². The number of fused-ring (bicyclic) bond motifs is 1. The Balaban J connectivity index is 0.00000264. The number of carbonyl (C=O) groups is 1. The second-order valence-electron chi connectivity index (χ2n) is 6.94. The third kappa shape index (κ3) is 4.43. The van der Waals surface area contributed by atoms with Gasteiger partial charge in [-0.1, -0.05) is 18.1 Å². The quantitative estimate of drug-likeness (QED) is 0.573.